The molecule has 0 radical (unpaired) electrons. The fourth-order valence-corrected chi connectivity index (χ4v) is 2.87. The molecular formula is C15H22N2OS. The van der Waals surface area contributed by atoms with Gasteiger partial charge in [0.25, 0.3) is 0 Å². The Balaban J connectivity index is 1.96. The maximum Gasteiger partial charge on any atom is 0.122 e. The molecule has 4 heteroatoms. The van der Waals surface area contributed by atoms with E-state index in [2.05, 4.69) is 42.5 Å². The van der Waals surface area contributed by atoms with E-state index in [0.717, 1.165) is 30.9 Å². The van der Waals surface area contributed by atoms with Crippen LogP contribution in [0, 0.1) is 0 Å². The van der Waals surface area contributed by atoms with Gasteiger partial charge in [-0.3, -0.25) is 4.90 Å². The molecule has 2 aromatic rings. The lowest BCUT2D eigenvalue weighted by Gasteiger charge is -2.25. The number of likely N-dealkylation sites (N-methyl/N-ethyl adjacent to an activating group) is 1. The Kier molecular flexibility index (Phi) is 5.19. The van der Waals surface area contributed by atoms with Gasteiger partial charge in [0.1, 0.15) is 11.5 Å². The summed E-state index contributed by atoms with van der Waals surface area (Å²) in [6, 6.07) is 8.54. The normalized spacial score (nSPS) is 13.1. The Hall–Kier alpha value is -1.10. The molecule has 0 aromatic carbocycles. The van der Waals surface area contributed by atoms with Crippen LogP contribution in [0.4, 0.5) is 0 Å². The molecule has 2 rings (SSSR count). The third-order valence-electron chi connectivity index (χ3n) is 3.41. The zero-order valence-electron chi connectivity index (χ0n) is 11.6. The van der Waals surface area contributed by atoms with Gasteiger partial charge in [-0.05, 0) is 37.0 Å². The zero-order chi connectivity index (χ0) is 13.7. The highest BCUT2D eigenvalue weighted by molar-refractivity contribution is 7.09. The van der Waals surface area contributed by atoms with Crippen molar-refractivity contribution in [2.75, 3.05) is 20.1 Å². The Labute approximate surface area is 119 Å². The van der Waals surface area contributed by atoms with Crippen molar-refractivity contribution >= 4 is 11.3 Å². The number of hydrogen-bond donors (Lipinski definition) is 1. The van der Waals surface area contributed by atoms with Crippen molar-refractivity contribution in [1.29, 1.82) is 0 Å². The molecule has 0 aliphatic carbocycles. The molecule has 0 spiro atoms. The van der Waals surface area contributed by atoms with E-state index in [1.165, 1.54) is 4.88 Å². The fraction of sp³-hybridized carbons (Fsp3) is 0.467. The Morgan fingerprint density at radius 1 is 1.37 bits per heavy atom. The van der Waals surface area contributed by atoms with Crippen LogP contribution in [0.3, 0.4) is 0 Å². The highest BCUT2D eigenvalue weighted by Crippen LogP contribution is 2.22. The largest absolute Gasteiger partial charge is 0.464 e. The van der Waals surface area contributed by atoms with Crippen LogP contribution in [0.25, 0.3) is 0 Å². The lowest BCUT2D eigenvalue weighted by molar-refractivity contribution is 0.220. The lowest BCUT2D eigenvalue weighted by atomic mass is 10.2. The van der Waals surface area contributed by atoms with Gasteiger partial charge in [-0.25, -0.2) is 0 Å². The molecule has 19 heavy (non-hydrogen) atoms. The van der Waals surface area contributed by atoms with Gasteiger partial charge in [-0.15, -0.1) is 11.3 Å². The summed E-state index contributed by atoms with van der Waals surface area (Å²) in [4.78, 5) is 3.69. The molecule has 0 amide bonds. The van der Waals surface area contributed by atoms with Gasteiger partial charge in [0.15, 0.2) is 0 Å². The summed E-state index contributed by atoms with van der Waals surface area (Å²) in [6.07, 6.45) is 1.99. The van der Waals surface area contributed by atoms with Gasteiger partial charge >= 0.3 is 0 Å². The zero-order valence-corrected chi connectivity index (χ0v) is 12.5. The topological polar surface area (TPSA) is 42.4 Å². The van der Waals surface area contributed by atoms with Crippen LogP contribution in [0.15, 0.2) is 34.1 Å². The summed E-state index contributed by atoms with van der Waals surface area (Å²) in [5.74, 6) is 2.01. The molecule has 2 aromatic heterocycles. The number of nitrogens with zero attached hydrogens (tertiary/aromatic N) is 1. The average Bonchev–Trinajstić information content (AvgIpc) is 3.08. The minimum Gasteiger partial charge on any atom is -0.464 e. The molecule has 0 aliphatic rings. The van der Waals surface area contributed by atoms with Gasteiger partial charge in [-0.2, -0.15) is 0 Å². The van der Waals surface area contributed by atoms with E-state index in [9.17, 15) is 0 Å². The summed E-state index contributed by atoms with van der Waals surface area (Å²) >= 11 is 1.81. The van der Waals surface area contributed by atoms with Crippen molar-refractivity contribution in [3.8, 4) is 0 Å². The predicted molar refractivity (Wildman–Crippen MR) is 80.5 cm³/mol. The van der Waals surface area contributed by atoms with Crippen molar-refractivity contribution < 1.29 is 4.42 Å². The summed E-state index contributed by atoms with van der Waals surface area (Å²) in [7, 11) is 2.11. The predicted octanol–water partition coefficient (Wildman–Crippen LogP) is 3.08. The molecule has 0 saturated heterocycles. The van der Waals surface area contributed by atoms with E-state index in [-0.39, 0.29) is 6.04 Å². The second-order valence-electron chi connectivity index (χ2n) is 4.72. The molecule has 0 saturated carbocycles. The van der Waals surface area contributed by atoms with E-state index >= 15 is 0 Å². The van der Waals surface area contributed by atoms with Gasteiger partial charge in [-0.1, -0.05) is 13.0 Å². The van der Waals surface area contributed by atoms with Gasteiger partial charge in [0.2, 0.25) is 0 Å². The average molecular weight is 278 g/mol. The molecule has 1 atom stereocenters. The lowest BCUT2D eigenvalue weighted by Crippen LogP contribution is -2.31. The number of thiophene rings is 1. The maximum atomic E-state index is 5.91. The molecule has 0 aliphatic heterocycles. The summed E-state index contributed by atoms with van der Waals surface area (Å²) in [5, 5.41) is 2.12. The van der Waals surface area contributed by atoms with Crippen LogP contribution >= 0.6 is 11.3 Å². The van der Waals surface area contributed by atoms with E-state index in [4.69, 9.17) is 10.2 Å². The first-order valence-electron chi connectivity index (χ1n) is 6.76. The number of hydrogen-bond acceptors (Lipinski definition) is 4. The Morgan fingerprint density at radius 3 is 2.79 bits per heavy atom. The monoisotopic (exact) mass is 278 g/mol. The molecule has 3 nitrogen and oxygen atoms in total. The number of nitrogens with two attached hydrogens (primary N) is 1. The van der Waals surface area contributed by atoms with Crippen LogP contribution in [0.1, 0.15) is 29.4 Å². The highest BCUT2D eigenvalue weighted by atomic mass is 32.1. The molecule has 0 bridgehead atoms. The van der Waals surface area contributed by atoms with Crippen molar-refractivity contribution in [3.05, 3.63) is 46.0 Å². The van der Waals surface area contributed by atoms with Crippen LogP contribution in [0.2, 0.25) is 0 Å². The minimum atomic E-state index is 0.167. The highest BCUT2D eigenvalue weighted by Gasteiger charge is 2.18. The number of furan rings is 1. The maximum absolute atomic E-state index is 5.91. The van der Waals surface area contributed by atoms with Crippen molar-refractivity contribution in [2.45, 2.75) is 25.8 Å². The minimum absolute atomic E-state index is 0.167. The van der Waals surface area contributed by atoms with E-state index in [0.29, 0.717) is 6.54 Å². The van der Waals surface area contributed by atoms with Crippen LogP contribution in [-0.4, -0.2) is 25.0 Å². The summed E-state index contributed by atoms with van der Waals surface area (Å²) < 4.78 is 5.82. The molecule has 0 fully saturated rings. The van der Waals surface area contributed by atoms with Gasteiger partial charge in [0.05, 0.1) is 6.04 Å². The fourth-order valence-electron chi connectivity index (χ4n) is 2.17. The van der Waals surface area contributed by atoms with Crippen molar-refractivity contribution in [3.63, 3.8) is 0 Å². The molecule has 104 valence electrons. The van der Waals surface area contributed by atoms with E-state index < -0.39 is 0 Å². The Bertz CT molecular complexity index is 478. The van der Waals surface area contributed by atoms with Crippen molar-refractivity contribution in [1.82, 2.24) is 4.90 Å². The van der Waals surface area contributed by atoms with Crippen LogP contribution in [-0.2, 0) is 12.8 Å². The second kappa shape index (κ2) is 6.89. The molecular weight excluding hydrogens is 256 g/mol. The van der Waals surface area contributed by atoms with Gasteiger partial charge < -0.3 is 10.2 Å². The number of aryl methyl sites for hydroxylation is 1. The smallest absolute Gasteiger partial charge is 0.122 e. The quantitative estimate of drug-likeness (QED) is 0.846. The second-order valence-corrected chi connectivity index (χ2v) is 5.75. The van der Waals surface area contributed by atoms with E-state index in [1.54, 1.807) is 11.3 Å². The summed E-state index contributed by atoms with van der Waals surface area (Å²) in [6.45, 7) is 3.67. The number of rotatable bonds is 7. The first-order valence-corrected chi connectivity index (χ1v) is 7.63. The first-order chi connectivity index (χ1) is 9.24. The van der Waals surface area contributed by atoms with E-state index in [1.807, 2.05) is 6.07 Å². The molecule has 1 unspecified atom stereocenters. The Morgan fingerprint density at radius 2 is 2.21 bits per heavy atom. The third-order valence-corrected chi connectivity index (χ3v) is 4.34. The van der Waals surface area contributed by atoms with Crippen molar-refractivity contribution in [2.24, 2.45) is 5.73 Å². The molecule has 2 N–H and O–H groups in total. The van der Waals surface area contributed by atoms with Gasteiger partial charge in [0, 0.05) is 24.4 Å². The van der Waals surface area contributed by atoms with Crippen LogP contribution in [0.5, 0.6) is 0 Å². The first kappa shape index (κ1) is 14.3. The summed E-state index contributed by atoms with van der Waals surface area (Å²) in [5.41, 5.74) is 5.91. The van der Waals surface area contributed by atoms with Crippen LogP contribution < -0.4 is 5.73 Å². The third kappa shape index (κ3) is 3.69. The SMILES string of the molecule is CCc1ccc(C(CN)N(C)CCc2cccs2)o1. The standard InChI is InChI=1S/C15H22N2OS/c1-3-12-6-7-15(18-12)14(11-16)17(2)9-8-13-5-4-10-19-13/h4-7,10,14H,3,8-9,11,16H2,1-2H3. The molecule has 2 heterocycles.